The fourth-order valence-corrected chi connectivity index (χ4v) is 4.66. The minimum atomic E-state index is -0.603. The SMILES string of the molecule is C=C(/C=C\C=C(/C)c1nnc2n1CCC2)NC(=O)c1cc2c(cc1F)CCN(C(=O)c1ccccn1)C2.CC. The number of rotatable bonds is 6. The number of carbonyl (C=O) groups excluding carboxylic acids is 2. The molecule has 1 aromatic carbocycles. The van der Waals surface area contributed by atoms with Gasteiger partial charge in [-0.3, -0.25) is 14.6 Å². The van der Waals surface area contributed by atoms with Gasteiger partial charge in [0.2, 0.25) is 0 Å². The van der Waals surface area contributed by atoms with E-state index in [0.717, 1.165) is 47.7 Å². The molecule has 2 aliphatic heterocycles. The summed E-state index contributed by atoms with van der Waals surface area (Å²) >= 11 is 0. The number of carbonyl (C=O) groups is 2. The lowest BCUT2D eigenvalue weighted by molar-refractivity contribution is 0.0728. The van der Waals surface area contributed by atoms with Gasteiger partial charge in [0.15, 0.2) is 5.82 Å². The minimum Gasteiger partial charge on any atom is -0.333 e. The van der Waals surface area contributed by atoms with Gasteiger partial charge < -0.3 is 14.8 Å². The summed E-state index contributed by atoms with van der Waals surface area (Å²) in [6.45, 7) is 11.5. The van der Waals surface area contributed by atoms with E-state index in [4.69, 9.17) is 0 Å². The second kappa shape index (κ2) is 12.4. The maximum absolute atomic E-state index is 14.8. The number of aryl methyl sites for hydroxylation is 1. The molecular formula is C30H33FN6O2. The van der Waals surface area contributed by atoms with Crippen molar-refractivity contribution in [2.45, 2.75) is 53.1 Å². The Labute approximate surface area is 228 Å². The second-order valence-electron chi connectivity index (χ2n) is 9.18. The van der Waals surface area contributed by atoms with Crippen LogP contribution in [0.3, 0.4) is 0 Å². The molecule has 1 N–H and O–H groups in total. The first-order valence-corrected chi connectivity index (χ1v) is 13.2. The van der Waals surface area contributed by atoms with Crippen LogP contribution < -0.4 is 5.32 Å². The predicted molar refractivity (Wildman–Crippen MR) is 148 cm³/mol. The zero-order valence-electron chi connectivity index (χ0n) is 22.6. The van der Waals surface area contributed by atoms with Crippen molar-refractivity contribution in [2.24, 2.45) is 0 Å². The van der Waals surface area contributed by atoms with E-state index in [1.54, 1.807) is 41.4 Å². The molecule has 2 aromatic heterocycles. The summed E-state index contributed by atoms with van der Waals surface area (Å²) < 4.78 is 16.9. The number of pyridine rings is 1. The summed E-state index contributed by atoms with van der Waals surface area (Å²) in [4.78, 5) is 31.4. The van der Waals surface area contributed by atoms with E-state index >= 15 is 0 Å². The van der Waals surface area contributed by atoms with Gasteiger partial charge in [-0.05, 0) is 66.8 Å². The van der Waals surface area contributed by atoms with Crippen molar-refractivity contribution in [3.63, 3.8) is 0 Å². The van der Waals surface area contributed by atoms with Crippen LogP contribution in [0.4, 0.5) is 4.39 Å². The smallest absolute Gasteiger partial charge is 0.272 e. The molecule has 0 fully saturated rings. The van der Waals surface area contributed by atoms with E-state index in [9.17, 15) is 14.0 Å². The molecule has 0 saturated carbocycles. The van der Waals surface area contributed by atoms with Crippen molar-refractivity contribution >= 4 is 17.4 Å². The van der Waals surface area contributed by atoms with Crippen LogP contribution in [0, 0.1) is 5.82 Å². The number of hydrogen-bond donors (Lipinski definition) is 1. The Morgan fingerprint density at radius 3 is 2.69 bits per heavy atom. The largest absolute Gasteiger partial charge is 0.333 e. The molecule has 0 radical (unpaired) electrons. The third-order valence-corrected chi connectivity index (χ3v) is 6.60. The van der Waals surface area contributed by atoms with Gasteiger partial charge in [-0.2, -0.15) is 0 Å². The summed E-state index contributed by atoms with van der Waals surface area (Å²) in [5.74, 6) is 0.436. The highest BCUT2D eigenvalue weighted by atomic mass is 19.1. The first-order valence-electron chi connectivity index (χ1n) is 13.2. The fraction of sp³-hybridized carbons (Fsp3) is 0.300. The number of amides is 2. The van der Waals surface area contributed by atoms with E-state index in [0.29, 0.717) is 24.4 Å². The first kappa shape index (κ1) is 27.6. The Hall–Kier alpha value is -4.40. The maximum Gasteiger partial charge on any atom is 0.272 e. The number of allylic oxidation sites excluding steroid dienone is 4. The van der Waals surface area contributed by atoms with Crippen LogP contribution in [0.25, 0.3) is 5.57 Å². The summed E-state index contributed by atoms with van der Waals surface area (Å²) in [7, 11) is 0. The maximum atomic E-state index is 14.8. The molecule has 0 saturated heterocycles. The lowest BCUT2D eigenvalue weighted by Gasteiger charge is -2.29. The van der Waals surface area contributed by atoms with Gasteiger partial charge in [-0.25, -0.2) is 4.39 Å². The van der Waals surface area contributed by atoms with Crippen LogP contribution in [0.2, 0.25) is 0 Å². The molecule has 0 spiro atoms. The lowest BCUT2D eigenvalue weighted by atomic mass is 9.96. The summed E-state index contributed by atoms with van der Waals surface area (Å²) in [5.41, 5.74) is 3.06. The molecule has 4 heterocycles. The van der Waals surface area contributed by atoms with Gasteiger partial charge in [0.05, 0.1) is 5.56 Å². The number of aromatic nitrogens is 4. The standard InChI is InChI=1S/C28H27FN6O2.C2H6/c1-18(26-33-32-25-10-6-13-35(25)26)7-5-8-19(2)31-27(36)22-15-21-17-34(14-11-20(21)16-23(22)29)28(37)24-9-3-4-12-30-24;1-2/h3-5,7-9,12,15-16H,2,6,10-11,13-14,17H2,1H3,(H,31,36);1-2H3/b8-5-,18-7+;. The topological polar surface area (TPSA) is 93.0 Å². The van der Waals surface area contributed by atoms with Gasteiger partial charge >= 0.3 is 0 Å². The van der Waals surface area contributed by atoms with E-state index in [1.165, 1.54) is 12.1 Å². The van der Waals surface area contributed by atoms with Gasteiger partial charge in [-0.15, -0.1) is 10.2 Å². The van der Waals surface area contributed by atoms with E-state index in [-0.39, 0.29) is 18.0 Å². The average Bonchev–Trinajstić information content (AvgIpc) is 3.58. The zero-order chi connectivity index (χ0) is 27.9. The van der Waals surface area contributed by atoms with Crippen LogP contribution in [0.5, 0.6) is 0 Å². The van der Waals surface area contributed by atoms with Gasteiger partial charge in [0, 0.05) is 37.9 Å². The number of benzene rings is 1. The quantitative estimate of drug-likeness (QED) is 0.460. The van der Waals surface area contributed by atoms with Gasteiger partial charge in [0.25, 0.3) is 11.8 Å². The highest BCUT2D eigenvalue weighted by molar-refractivity contribution is 5.96. The van der Waals surface area contributed by atoms with Crippen LogP contribution in [0.1, 0.15) is 70.8 Å². The Bertz CT molecular complexity index is 1440. The summed E-state index contributed by atoms with van der Waals surface area (Å²) in [5, 5.41) is 11.1. The fourth-order valence-electron chi connectivity index (χ4n) is 4.66. The lowest BCUT2D eigenvalue weighted by Crippen LogP contribution is -2.36. The van der Waals surface area contributed by atoms with Crippen molar-refractivity contribution in [3.05, 3.63) is 107 Å². The van der Waals surface area contributed by atoms with Gasteiger partial charge in [-0.1, -0.05) is 38.6 Å². The number of fused-ring (bicyclic) bond motifs is 2. The van der Waals surface area contributed by atoms with E-state index < -0.39 is 11.7 Å². The van der Waals surface area contributed by atoms with E-state index in [1.807, 2.05) is 26.8 Å². The van der Waals surface area contributed by atoms with Crippen molar-refractivity contribution in [1.29, 1.82) is 0 Å². The molecule has 0 unspecified atom stereocenters. The molecule has 2 aliphatic rings. The normalized spacial score (nSPS) is 14.4. The van der Waals surface area contributed by atoms with Gasteiger partial charge in [0.1, 0.15) is 17.3 Å². The molecule has 202 valence electrons. The Morgan fingerprint density at radius 1 is 1.10 bits per heavy atom. The average molecular weight is 529 g/mol. The molecule has 8 nitrogen and oxygen atoms in total. The predicted octanol–water partition coefficient (Wildman–Crippen LogP) is 4.89. The highest BCUT2D eigenvalue weighted by Gasteiger charge is 2.25. The van der Waals surface area contributed by atoms with E-state index in [2.05, 4.69) is 31.6 Å². The molecule has 9 heteroatoms. The monoisotopic (exact) mass is 528 g/mol. The Kier molecular flexibility index (Phi) is 8.81. The number of halogens is 1. The number of hydrogen-bond acceptors (Lipinski definition) is 5. The Balaban J connectivity index is 0.00000172. The number of nitrogens with one attached hydrogen (secondary N) is 1. The molecule has 2 amide bonds. The second-order valence-corrected chi connectivity index (χ2v) is 9.18. The van der Waals surface area contributed by atoms with Crippen LogP contribution in [-0.2, 0) is 25.9 Å². The molecule has 0 bridgehead atoms. The minimum absolute atomic E-state index is 0.0915. The van der Waals surface area contributed by atoms with Crippen molar-refractivity contribution in [3.8, 4) is 0 Å². The molecule has 39 heavy (non-hydrogen) atoms. The molecular weight excluding hydrogens is 495 g/mol. The third-order valence-electron chi connectivity index (χ3n) is 6.60. The summed E-state index contributed by atoms with van der Waals surface area (Å²) in [6, 6.07) is 8.07. The molecule has 5 rings (SSSR count). The third kappa shape index (κ3) is 6.19. The zero-order valence-corrected chi connectivity index (χ0v) is 22.6. The van der Waals surface area contributed by atoms with Crippen LogP contribution >= 0.6 is 0 Å². The number of nitrogens with zero attached hydrogens (tertiary/aromatic N) is 5. The first-order chi connectivity index (χ1) is 18.9. The van der Waals surface area contributed by atoms with Crippen molar-refractivity contribution in [1.82, 2.24) is 30.0 Å². The van der Waals surface area contributed by atoms with Crippen LogP contribution in [0.15, 0.2) is 67.0 Å². The van der Waals surface area contributed by atoms with Crippen molar-refractivity contribution < 1.29 is 14.0 Å². The molecule has 0 aliphatic carbocycles. The molecule has 0 atom stereocenters. The summed E-state index contributed by atoms with van der Waals surface area (Å²) in [6.07, 6.45) is 9.37. The Morgan fingerprint density at radius 2 is 1.92 bits per heavy atom. The van der Waals surface area contributed by atoms with Crippen molar-refractivity contribution in [2.75, 3.05) is 6.54 Å². The van der Waals surface area contributed by atoms with Crippen LogP contribution in [-0.4, -0.2) is 43.0 Å². The highest BCUT2D eigenvalue weighted by Crippen LogP contribution is 2.24. The molecule has 3 aromatic rings.